The summed E-state index contributed by atoms with van der Waals surface area (Å²) in [5, 5.41) is 18.9. The van der Waals surface area contributed by atoms with Crippen molar-refractivity contribution in [2.24, 2.45) is 0 Å². The van der Waals surface area contributed by atoms with Gasteiger partial charge in [-0.2, -0.15) is 0 Å². The number of hydrogen-bond acceptors (Lipinski definition) is 5. The van der Waals surface area contributed by atoms with Crippen molar-refractivity contribution < 1.29 is 15.0 Å². The van der Waals surface area contributed by atoms with Gasteiger partial charge in [0.1, 0.15) is 5.82 Å². The first-order chi connectivity index (χ1) is 8.54. The molecule has 1 fully saturated rings. The Morgan fingerprint density at radius 2 is 2.06 bits per heavy atom. The molecule has 18 heavy (non-hydrogen) atoms. The van der Waals surface area contributed by atoms with Crippen molar-refractivity contribution in [3.8, 4) is 0 Å². The zero-order valence-electron chi connectivity index (χ0n) is 10.3. The maximum absolute atomic E-state index is 10.7. The smallest absolute Gasteiger partial charge is 0.356 e. The van der Waals surface area contributed by atoms with Gasteiger partial charge >= 0.3 is 5.97 Å². The third kappa shape index (κ3) is 2.59. The van der Waals surface area contributed by atoms with Gasteiger partial charge in [-0.25, -0.2) is 14.8 Å². The molecule has 0 aliphatic carbocycles. The first-order valence-corrected chi connectivity index (χ1v) is 6.07. The van der Waals surface area contributed by atoms with Crippen molar-refractivity contribution in [3.63, 3.8) is 0 Å². The molecule has 0 unspecified atom stereocenters. The summed E-state index contributed by atoms with van der Waals surface area (Å²) in [5.74, 6) is -0.411. The fraction of sp³-hybridized carbons (Fsp3) is 0.583. The largest absolute Gasteiger partial charge is 0.476 e. The summed E-state index contributed by atoms with van der Waals surface area (Å²) in [6.07, 6.45) is 4.89. The Morgan fingerprint density at radius 1 is 1.39 bits per heavy atom. The van der Waals surface area contributed by atoms with E-state index in [-0.39, 0.29) is 5.69 Å². The molecule has 2 rings (SSSR count). The maximum Gasteiger partial charge on any atom is 0.356 e. The fourth-order valence-corrected chi connectivity index (χ4v) is 2.10. The molecule has 0 spiro atoms. The normalized spacial score (nSPS) is 18.7. The molecule has 1 aliphatic rings. The van der Waals surface area contributed by atoms with Crippen molar-refractivity contribution in [1.29, 1.82) is 0 Å². The van der Waals surface area contributed by atoms with Crippen LogP contribution in [0.4, 0.5) is 5.82 Å². The van der Waals surface area contributed by atoms with E-state index in [0.29, 0.717) is 31.7 Å². The molecule has 2 N–H and O–H groups in total. The molecule has 1 aromatic heterocycles. The number of carboxylic acids is 1. The molecule has 2 heterocycles. The predicted octanol–water partition coefficient (Wildman–Crippen LogP) is 0.916. The van der Waals surface area contributed by atoms with Crippen LogP contribution in [0, 0.1) is 0 Å². The highest BCUT2D eigenvalue weighted by Crippen LogP contribution is 2.27. The van der Waals surface area contributed by atoms with Crippen LogP contribution < -0.4 is 4.90 Å². The van der Waals surface area contributed by atoms with Crippen molar-refractivity contribution in [3.05, 3.63) is 18.1 Å². The van der Waals surface area contributed by atoms with E-state index in [1.54, 1.807) is 0 Å². The van der Waals surface area contributed by atoms with E-state index in [9.17, 15) is 9.90 Å². The summed E-state index contributed by atoms with van der Waals surface area (Å²) in [4.78, 5) is 20.6. The fourth-order valence-electron chi connectivity index (χ4n) is 2.10. The van der Waals surface area contributed by atoms with E-state index in [4.69, 9.17) is 5.11 Å². The monoisotopic (exact) mass is 251 g/mol. The minimum Gasteiger partial charge on any atom is -0.476 e. The number of rotatable bonds is 3. The van der Waals surface area contributed by atoms with Crippen LogP contribution >= 0.6 is 0 Å². The van der Waals surface area contributed by atoms with Gasteiger partial charge in [0.2, 0.25) is 0 Å². The standard InChI is InChI=1S/C12H17N3O3/c1-2-12(18)3-5-15(6-4-12)10-8-13-9(7-14-10)11(16)17/h7-8,18H,2-6H2,1H3,(H,16,17). The lowest BCUT2D eigenvalue weighted by molar-refractivity contribution is 0.0124. The lowest BCUT2D eigenvalue weighted by Crippen LogP contribution is -2.44. The number of aromatic carboxylic acids is 1. The van der Waals surface area contributed by atoms with E-state index in [2.05, 4.69) is 9.97 Å². The minimum atomic E-state index is -1.08. The Labute approximate surface area is 105 Å². The number of carboxylic acid groups (broad SMARTS) is 1. The SMILES string of the molecule is CCC1(O)CCN(c2cnc(C(=O)O)cn2)CC1. The van der Waals surface area contributed by atoms with Gasteiger partial charge in [0.25, 0.3) is 0 Å². The molecular formula is C12H17N3O3. The van der Waals surface area contributed by atoms with Crippen LogP contribution in [0.15, 0.2) is 12.4 Å². The molecule has 1 aromatic rings. The highest BCUT2D eigenvalue weighted by Gasteiger charge is 2.30. The Kier molecular flexibility index (Phi) is 3.47. The first kappa shape index (κ1) is 12.8. The topological polar surface area (TPSA) is 86.5 Å². The maximum atomic E-state index is 10.7. The van der Waals surface area contributed by atoms with Gasteiger partial charge in [-0.05, 0) is 19.3 Å². The Balaban J connectivity index is 2.03. The summed E-state index contributed by atoms with van der Waals surface area (Å²) in [6, 6.07) is 0. The molecule has 6 heteroatoms. The molecule has 6 nitrogen and oxygen atoms in total. The lowest BCUT2D eigenvalue weighted by atomic mass is 9.89. The van der Waals surface area contributed by atoms with Gasteiger partial charge < -0.3 is 15.1 Å². The Bertz CT molecular complexity index is 425. The van der Waals surface area contributed by atoms with Crippen LogP contribution in [0.1, 0.15) is 36.7 Å². The van der Waals surface area contributed by atoms with Gasteiger partial charge in [0.05, 0.1) is 18.0 Å². The van der Waals surface area contributed by atoms with Gasteiger partial charge in [-0.3, -0.25) is 0 Å². The van der Waals surface area contributed by atoms with Gasteiger partial charge in [0.15, 0.2) is 5.69 Å². The Hall–Kier alpha value is -1.69. The van der Waals surface area contributed by atoms with Crippen molar-refractivity contribution in [2.75, 3.05) is 18.0 Å². The Morgan fingerprint density at radius 3 is 2.50 bits per heavy atom. The van der Waals surface area contributed by atoms with Crippen LogP contribution in [-0.2, 0) is 0 Å². The number of piperidine rings is 1. The van der Waals surface area contributed by atoms with E-state index < -0.39 is 11.6 Å². The zero-order chi connectivity index (χ0) is 13.2. The average Bonchev–Trinajstić information content (AvgIpc) is 2.40. The van der Waals surface area contributed by atoms with E-state index in [1.165, 1.54) is 12.4 Å². The summed E-state index contributed by atoms with van der Waals surface area (Å²) in [6.45, 7) is 3.41. The zero-order valence-corrected chi connectivity index (χ0v) is 10.3. The number of anilines is 1. The van der Waals surface area contributed by atoms with E-state index >= 15 is 0 Å². The van der Waals surface area contributed by atoms with E-state index in [1.807, 2.05) is 11.8 Å². The average molecular weight is 251 g/mol. The molecule has 0 bridgehead atoms. The number of hydrogen-bond donors (Lipinski definition) is 2. The second kappa shape index (κ2) is 4.89. The molecule has 0 radical (unpaired) electrons. The number of carbonyl (C=O) groups is 1. The number of aliphatic hydroxyl groups is 1. The van der Waals surface area contributed by atoms with Crippen molar-refractivity contribution >= 4 is 11.8 Å². The molecule has 0 amide bonds. The third-order valence-corrected chi connectivity index (χ3v) is 3.53. The predicted molar refractivity (Wildman–Crippen MR) is 65.7 cm³/mol. The molecule has 0 saturated carbocycles. The minimum absolute atomic E-state index is 0.0548. The first-order valence-electron chi connectivity index (χ1n) is 6.07. The van der Waals surface area contributed by atoms with Crippen LogP contribution in [0.5, 0.6) is 0 Å². The summed E-state index contributed by atoms with van der Waals surface area (Å²) >= 11 is 0. The highest BCUT2D eigenvalue weighted by atomic mass is 16.4. The highest BCUT2D eigenvalue weighted by molar-refractivity contribution is 5.84. The molecule has 98 valence electrons. The van der Waals surface area contributed by atoms with Crippen LogP contribution in [-0.4, -0.2) is 44.8 Å². The molecule has 0 aromatic carbocycles. The number of aromatic nitrogens is 2. The second-order valence-corrected chi connectivity index (χ2v) is 4.63. The molecule has 1 saturated heterocycles. The lowest BCUT2D eigenvalue weighted by Gasteiger charge is -2.38. The third-order valence-electron chi connectivity index (χ3n) is 3.53. The summed E-state index contributed by atoms with van der Waals surface area (Å²) < 4.78 is 0. The van der Waals surface area contributed by atoms with Crippen LogP contribution in [0.2, 0.25) is 0 Å². The summed E-state index contributed by atoms with van der Waals surface area (Å²) in [5.41, 5.74) is -0.619. The summed E-state index contributed by atoms with van der Waals surface area (Å²) in [7, 11) is 0. The second-order valence-electron chi connectivity index (χ2n) is 4.63. The van der Waals surface area contributed by atoms with Gasteiger partial charge in [0, 0.05) is 13.1 Å². The van der Waals surface area contributed by atoms with Gasteiger partial charge in [-0.15, -0.1) is 0 Å². The van der Waals surface area contributed by atoms with Crippen molar-refractivity contribution in [2.45, 2.75) is 31.8 Å². The van der Waals surface area contributed by atoms with Crippen molar-refractivity contribution in [1.82, 2.24) is 9.97 Å². The molecule has 0 atom stereocenters. The van der Waals surface area contributed by atoms with Crippen LogP contribution in [0.3, 0.4) is 0 Å². The van der Waals surface area contributed by atoms with E-state index in [0.717, 1.165) is 6.42 Å². The van der Waals surface area contributed by atoms with Gasteiger partial charge in [-0.1, -0.05) is 6.92 Å². The molecule has 1 aliphatic heterocycles. The molecular weight excluding hydrogens is 234 g/mol. The van der Waals surface area contributed by atoms with Crippen LogP contribution in [0.25, 0.3) is 0 Å². The number of nitrogens with zero attached hydrogens (tertiary/aromatic N) is 3. The quantitative estimate of drug-likeness (QED) is 0.830.